The van der Waals surface area contributed by atoms with Crippen molar-refractivity contribution < 1.29 is 4.79 Å². The molecule has 0 aliphatic carbocycles. The number of anilines is 2. The summed E-state index contributed by atoms with van der Waals surface area (Å²) < 4.78 is 0. The van der Waals surface area contributed by atoms with Gasteiger partial charge in [0.25, 0.3) is 5.91 Å². The molecule has 4 heterocycles. The molecule has 198 valence electrons. The minimum absolute atomic E-state index is 0.0688. The zero-order valence-electron chi connectivity index (χ0n) is 21.5. The first kappa shape index (κ1) is 26.1. The number of amides is 1. The average molecular weight is 545 g/mol. The van der Waals surface area contributed by atoms with Gasteiger partial charge in [-0.2, -0.15) is 0 Å². The topological polar surface area (TPSA) is 76.1 Å². The number of amidine groups is 1. The Bertz CT molecular complexity index is 1170. The van der Waals surface area contributed by atoms with Crippen molar-refractivity contribution in [2.24, 2.45) is 4.99 Å². The molecule has 0 spiro atoms. The summed E-state index contributed by atoms with van der Waals surface area (Å²) in [5, 5.41) is 7.68. The highest BCUT2D eigenvalue weighted by Gasteiger charge is 2.35. The van der Waals surface area contributed by atoms with Crippen LogP contribution in [0.1, 0.15) is 42.1 Å². The van der Waals surface area contributed by atoms with Crippen molar-refractivity contribution in [3.05, 3.63) is 51.6 Å². The zero-order valence-corrected chi connectivity index (χ0v) is 23.0. The van der Waals surface area contributed by atoms with Gasteiger partial charge in [-0.05, 0) is 43.5 Å². The van der Waals surface area contributed by atoms with Crippen LogP contribution in [0.2, 0.25) is 10.0 Å². The van der Waals surface area contributed by atoms with Crippen molar-refractivity contribution in [2.75, 3.05) is 63.1 Å². The van der Waals surface area contributed by atoms with Gasteiger partial charge in [-0.3, -0.25) is 14.7 Å². The number of hydrogen-bond acceptors (Lipinski definition) is 7. The van der Waals surface area contributed by atoms with E-state index in [0.717, 1.165) is 88.0 Å². The van der Waals surface area contributed by atoms with E-state index in [2.05, 4.69) is 32.3 Å². The van der Waals surface area contributed by atoms with E-state index in [1.54, 1.807) is 12.1 Å². The van der Waals surface area contributed by atoms with Crippen LogP contribution in [0.15, 0.2) is 35.5 Å². The highest BCUT2D eigenvalue weighted by molar-refractivity contribution is 6.33. The van der Waals surface area contributed by atoms with Crippen LogP contribution in [0.3, 0.4) is 0 Å². The van der Waals surface area contributed by atoms with Crippen LogP contribution in [-0.2, 0) is 0 Å². The van der Waals surface area contributed by atoms with E-state index in [9.17, 15) is 4.79 Å². The number of halogens is 2. The van der Waals surface area contributed by atoms with Gasteiger partial charge in [-0.1, -0.05) is 30.1 Å². The third-order valence-corrected chi connectivity index (χ3v) is 8.28. The summed E-state index contributed by atoms with van der Waals surface area (Å²) in [7, 11) is 1.82. The number of pyridine rings is 1. The minimum Gasteiger partial charge on any atom is -0.387 e. The van der Waals surface area contributed by atoms with E-state index >= 15 is 0 Å². The molecule has 3 aliphatic rings. The van der Waals surface area contributed by atoms with Crippen LogP contribution in [-0.4, -0.2) is 91.5 Å². The summed E-state index contributed by atoms with van der Waals surface area (Å²) >= 11 is 12.8. The molecular formula is C27H35Cl2N7O. The van der Waals surface area contributed by atoms with E-state index in [-0.39, 0.29) is 5.91 Å². The summed E-state index contributed by atoms with van der Waals surface area (Å²) in [6.45, 7) is 8.18. The van der Waals surface area contributed by atoms with E-state index in [4.69, 9.17) is 28.2 Å². The first-order valence-corrected chi connectivity index (χ1v) is 14.0. The number of likely N-dealkylation sites (tertiary alicyclic amines) is 1. The molecule has 2 N–H and O–H groups in total. The van der Waals surface area contributed by atoms with Gasteiger partial charge in [0.2, 0.25) is 0 Å². The van der Waals surface area contributed by atoms with E-state index in [1.807, 2.05) is 30.3 Å². The smallest absolute Gasteiger partial charge is 0.255 e. The predicted molar refractivity (Wildman–Crippen MR) is 152 cm³/mol. The number of nitrogens with one attached hydrogen (secondary N) is 2. The van der Waals surface area contributed by atoms with Crippen molar-refractivity contribution in [3.63, 3.8) is 0 Å². The predicted octanol–water partition coefficient (Wildman–Crippen LogP) is 3.99. The maximum atomic E-state index is 13.2. The Kier molecular flexibility index (Phi) is 8.07. The van der Waals surface area contributed by atoms with Crippen LogP contribution in [0, 0.1) is 0 Å². The second-order valence-corrected chi connectivity index (χ2v) is 10.7. The molecule has 8 nitrogen and oxygen atoms in total. The molecule has 1 amide bonds. The number of aromatic nitrogens is 1. The lowest BCUT2D eigenvalue weighted by Gasteiger charge is -2.47. The van der Waals surface area contributed by atoms with Gasteiger partial charge in [-0.25, -0.2) is 4.98 Å². The van der Waals surface area contributed by atoms with Gasteiger partial charge in [0.1, 0.15) is 11.7 Å². The first-order valence-electron chi connectivity index (χ1n) is 13.2. The summed E-state index contributed by atoms with van der Waals surface area (Å²) in [5.41, 5.74) is 2.39. The maximum Gasteiger partial charge on any atom is 0.255 e. The normalized spacial score (nSPS) is 21.1. The standard InChI is InChI=1S/C27H35Cl2N7O/c1-3-20-17-35(26-23(29)14-18(16-33-26)25-31-8-9-32-25)12-13-36(20)21-6-10-34(11-7-21)27(37)22-5-4-19(28)15-24(22)30-2/h4-5,14-16,20-21,30H,3,6-13,17H2,1-2H3,(H,31,32)/t20-/m0/s1. The Morgan fingerprint density at radius 1 is 1.16 bits per heavy atom. The molecule has 2 saturated heterocycles. The number of nitrogens with zero attached hydrogens (tertiary/aromatic N) is 5. The monoisotopic (exact) mass is 543 g/mol. The second kappa shape index (κ2) is 11.5. The molecule has 37 heavy (non-hydrogen) atoms. The Hall–Kier alpha value is -2.55. The van der Waals surface area contributed by atoms with E-state index < -0.39 is 0 Å². The third-order valence-electron chi connectivity index (χ3n) is 7.77. The molecule has 2 aromatic rings. The van der Waals surface area contributed by atoms with Gasteiger partial charge >= 0.3 is 0 Å². The highest BCUT2D eigenvalue weighted by atomic mass is 35.5. The maximum absolute atomic E-state index is 13.2. The van der Waals surface area contributed by atoms with Crippen molar-refractivity contribution in [2.45, 2.75) is 38.3 Å². The molecule has 2 fully saturated rings. The van der Waals surface area contributed by atoms with Gasteiger partial charge in [0.15, 0.2) is 0 Å². The van der Waals surface area contributed by atoms with Crippen LogP contribution in [0.25, 0.3) is 0 Å². The molecule has 1 aromatic heterocycles. The van der Waals surface area contributed by atoms with Crippen LogP contribution < -0.4 is 15.5 Å². The number of rotatable bonds is 6. The molecule has 10 heteroatoms. The van der Waals surface area contributed by atoms with E-state index in [1.165, 1.54) is 0 Å². The van der Waals surface area contributed by atoms with E-state index in [0.29, 0.717) is 27.7 Å². The first-order chi connectivity index (χ1) is 18.0. The molecule has 0 bridgehead atoms. The molecule has 0 saturated carbocycles. The zero-order chi connectivity index (χ0) is 25.9. The number of aliphatic imine (C=N–C) groups is 1. The molecule has 3 aliphatic heterocycles. The Morgan fingerprint density at radius 2 is 1.97 bits per heavy atom. The lowest BCUT2D eigenvalue weighted by atomic mass is 9.97. The number of piperidine rings is 1. The number of carbonyl (C=O) groups is 1. The van der Waals surface area contributed by atoms with Crippen molar-refractivity contribution in [3.8, 4) is 0 Å². The molecule has 0 radical (unpaired) electrons. The lowest BCUT2D eigenvalue weighted by Crippen LogP contribution is -2.58. The highest BCUT2D eigenvalue weighted by Crippen LogP contribution is 2.30. The van der Waals surface area contributed by atoms with Gasteiger partial charge in [-0.15, -0.1) is 0 Å². The van der Waals surface area contributed by atoms with Crippen molar-refractivity contribution in [1.82, 2.24) is 20.1 Å². The molecule has 0 unspecified atom stereocenters. The fourth-order valence-electron chi connectivity index (χ4n) is 5.77. The molecule has 5 rings (SSSR count). The van der Waals surface area contributed by atoms with Crippen LogP contribution in [0.5, 0.6) is 0 Å². The second-order valence-electron chi connectivity index (χ2n) is 9.90. The van der Waals surface area contributed by atoms with Crippen LogP contribution in [0.4, 0.5) is 11.5 Å². The number of benzene rings is 1. The average Bonchev–Trinajstić information content (AvgIpc) is 3.47. The molecule has 1 atom stereocenters. The molecular weight excluding hydrogens is 509 g/mol. The SMILES string of the molecule is CC[C@H]1CN(c2ncc(C3=NCCN3)cc2Cl)CCN1C1CCN(C(=O)c2ccc(Cl)cc2NC)CC1. The fraction of sp³-hybridized carbons (Fsp3) is 0.519. The van der Waals surface area contributed by atoms with Gasteiger partial charge in [0, 0.05) is 80.9 Å². The third kappa shape index (κ3) is 5.52. The van der Waals surface area contributed by atoms with Crippen LogP contribution >= 0.6 is 23.2 Å². The number of carbonyl (C=O) groups excluding carboxylic acids is 1. The van der Waals surface area contributed by atoms with Crippen molar-refractivity contribution in [1.29, 1.82) is 0 Å². The summed E-state index contributed by atoms with van der Waals surface area (Å²) in [5.74, 6) is 1.80. The van der Waals surface area contributed by atoms with Gasteiger partial charge < -0.3 is 20.4 Å². The Morgan fingerprint density at radius 3 is 2.65 bits per heavy atom. The quantitative estimate of drug-likeness (QED) is 0.573. The molecule has 1 aromatic carbocycles. The number of hydrogen-bond donors (Lipinski definition) is 2. The van der Waals surface area contributed by atoms with Gasteiger partial charge in [0.05, 0.1) is 17.1 Å². The largest absolute Gasteiger partial charge is 0.387 e. The Balaban J connectivity index is 1.20. The lowest BCUT2D eigenvalue weighted by molar-refractivity contribution is 0.0491. The summed E-state index contributed by atoms with van der Waals surface area (Å²) in [6, 6.07) is 8.28. The van der Waals surface area contributed by atoms with Crippen molar-refractivity contribution >= 4 is 46.4 Å². The fourth-order valence-corrected chi connectivity index (χ4v) is 6.23. The minimum atomic E-state index is 0.0688. The Labute approximate surface area is 229 Å². The number of piperazine rings is 1. The summed E-state index contributed by atoms with van der Waals surface area (Å²) in [6.07, 6.45) is 4.89. The summed E-state index contributed by atoms with van der Waals surface area (Å²) in [4.78, 5) is 29.4.